The molecule has 2 aromatic carbocycles. The first kappa shape index (κ1) is 16.4. The lowest BCUT2D eigenvalue weighted by molar-refractivity contribution is -0.385. The third-order valence-corrected chi connectivity index (χ3v) is 3.97. The molecule has 1 aliphatic heterocycles. The van der Waals surface area contributed by atoms with E-state index in [1.807, 2.05) is 18.2 Å². The van der Waals surface area contributed by atoms with Crippen LogP contribution in [0.25, 0.3) is 6.08 Å². The van der Waals surface area contributed by atoms with E-state index in [9.17, 15) is 14.9 Å². The Morgan fingerprint density at radius 3 is 2.68 bits per heavy atom. The second kappa shape index (κ2) is 7.00. The van der Waals surface area contributed by atoms with Crippen molar-refractivity contribution < 1.29 is 9.72 Å². The summed E-state index contributed by atoms with van der Waals surface area (Å²) in [7, 11) is 0. The van der Waals surface area contributed by atoms with Crippen LogP contribution in [0, 0.1) is 10.1 Å². The number of fused-ring (bicyclic) bond motifs is 1. The number of benzene rings is 2. The van der Waals surface area contributed by atoms with Crippen molar-refractivity contribution in [1.29, 1.82) is 0 Å². The molecule has 2 aromatic rings. The quantitative estimate of drug-likeness (QED) is 0.514. The topological polar surface area (TPSA) is 75.5 Å². The maximum Gasteiger partial charge on any atom is 0.276 e. The Hall–Kier alpha value is -3.41. The number of hydrogen-bond acceptors (Lipinski definition) is 4. The normalized spacial score (nSPS) is 16.4. The highest BCUT2D eigenvalue weighted by Gasteiger charge is 2.29. The Morgan fingerprint density at radius 2 is 1.92 bits per heavy atom. The van der Waals surface area contributed by atoms with Gasteiger partial charge in [0.2, 0.25) is 0 Å². The second-order valence-electron chi connectivity index (χ2n) is 5.56. The minimum absolute atomic E-state index is 0.0246. The van der Waals surface area contributed by atoms with Crippen molar-refractivity contribution in [2.24, 2.45) is 0 Å². The summed E-state index contributed by atoms with van der Waals surface area (Å²) in [6.07, 6.45) is 4.65. The van der Waals surface area contributed by atoms with Gasteiger partial charge in [-0.2, -0.15) is 0 Å². The predicted octanol–water partition coefficient (Wildman–Crippen LogP) is 3.69. The predicted molar refractivity (Wildman–Crippen MR) is 97.2 cm³/mol. The molecule has 1 unspecified atom stereocenters. The highest BCUT2D eigenvalue weighted by molar-refractivity contribution is 6.02. The van der Waals surface area contributed by atoms with Crippen molar-refractivity contribution in [2.75, 3.05) is 11.9 Å². The summed E-state index contributed by atoms with van der Waals surface area (Å²) in [5.41, 5.74) is 1.85. The van der Waals surface area contributed by atoms with Crippen LogP contribution in [-0.4, -0.2) is 28.4 Å². The average Bonchev–Trinajstić information content (AvgIpc) is 2.63. The minimum Gasteiger partial charge on any atom is -0.361 e. The molecule has 25 heavy (non-hydrogen) atoms. The number of rotatable bonds is 5. The molecule has 1 N–H and O–H groups in total. The van der Waals surface area contributed by atoms with Crippen molar-refractivity contribution in [3.8, 4) is 0 Å². The Bertz CT molecular complexity index is 860. The number of carbonyl (C=O) groups is 1. The number of nitro groups is 1. The van der Waals surface area contributed by atoms with Gasteiger partial charge in [0.05, 0.1) is 16.1 Å². The molecule has 0 fully saturated rings. The molecular weight excluding hydrogens is 318 g/mol. The van der Waals surface area contributed by atoms with E-state index in [0.29, 0.717) is 17.7 Å². The zero-order chi connectivity index (χ0) is 17.8. The van der Waals surface area contributed by atoms with Gasteiger partial charge in [0, 0.05) is 18.3 Å². The molecule has 1 amide bonds. The lowest BCUT2D eigenvalue weighted by atomic mass is 10.1. The molecule has 0 bridgehead atoms. The molecule has 1 atom stereocenters. The van der Waals surface area contributed by atoms with Gasteiger partial charge in [0.1, 0.15) is 6.17 Å². The number of nitrogens with zero attached hydrogens (tertiary/aromatic N) is 2. The molecule has 0 saturated carbocycles. The van der Waals surface area contributed by atoms with Gasteiger partial charge in [-0.1, -0.05) is 30.3 Å². The summed E-state index contributed by atoms with van der Waals surface area (Å²) in [6.45, 7) is 4.07. The van der Waals surface area contributed by atoms with E-state index in [4.69, 9.17) is 0 Å². The number of amides is 1. The van der Waals surface area contributed by atoms with Crippen LogP contribution in [0.1, 0.15) is 15.9 Å². The number of nitrogens with one attached hydrogen (secondary N) is 1. The van der Waals surface area contributed by atoms with Crippen LogP contribution in [-0.2, 0) is 0 Å². The molecule has 1 heterocycles. The van der Waals surface area contributed by atoms with Gasteiger partial charge in [-0.3, -0.25) is 14.9 Å². The highest BCUT2D eigenvalue weighted by atomic mass is 16.6. The molecule has 0 saturated heterocycles. The Kier molecular flexibility index (Phi) is 4.61. The second-order valence-corrected chi connectivity index (χ2v) is 5.56. The van der Waals surface area contributed by atoms with Crippen molar-refractivity contribution in [3.63, 3.8) is 0 Å². The van der Waals surface area contributed by atoms with E-state index < -0.39 is 11.1 Å². The first-order valence-electron chi connectivity index (χ1n) is 7.81. The van der Waals surface area contributed by atoms with Gasteiger partial charge < -0.3 is 10.2 Å². The molecule has 6 heteroatoms. The molecule has 0 spiro atoms. The molecule has 0 radical (unpaired) electrons. The minimum atomic E-state index is -0.421. The number of para-hydroxylation sites is 2. The number of anilines is 1. The lowest BCUT2D eigenvalue weighted by Gasteiger charge is -2.35. The van der Waals surface area contributed by atoms with Crippen LogP contribution in [0.2, 0.25) is 0 Å². The highest BCUT2D eigenvalue weighted by Crippen LogP contribution is 2.26. The van der Waals surface area contributed by atoms with Crippen LogP contribution >= 0.6 is 0 Å². The van der Waals surface area contributed by atoms with Gasteiger partial charge in [-0.05, 0) is 30.4 Å². The third kappa shape index (κ3) is 3.28. The first-order valence-corrected chi connectivity index (χ1v) is 7.81. The maximum atomic E-state index is 12.7. The zero-order valence-electron chi connectivity index (χ0n) is 13.5. The number of nitro benzene ring substituents is 1. The molecule has 0 aromatic heterocycles. The standard InChI is InChI=1S/C19H17N3O3/c1-2-13-21-18(20-16-9-5-4-8-15(16)19(21)23)12-11-14-7-3-6-10-17(14)22(24)25/h2-12,18,20H,1,13H2. The van der Waals surface area contributed by atoms with Crippen LogP contribution in [0.5, 0.6) is 0 Å². The lowest BCUT2D eigenvalue weighted by Crippen LogP contribution is -2.47. The fourth-order valence-corrected chi connectivity index (χ4v) is 2.79. The van der Waals surface area contributed by atoms with Crippen LogP contribution in [0.15, 0.2) is 67.3 Å². The van der Waals surface area contributed by atoms with E-state index in [0.717, 1.165) is 5.69 Å². The van der Waals surface area contributed by atoms with E-state index in [1.165, 1.54) is 6.07 Å². The first-order chi connectivity index (χ1) is 12.1. The molecule has 126 valence electrons. The van der Waals surface area contributed by atoms with Gasteiger partial charge >= 0.3 is 0 Å². The summed E-state index contributed by atoms with van der Waals surface area (Å²) < 4.78 is 0. The zero-order valence-corrected chi connectivity index (χ0v) is 13.5. The maximum absolute atomic E-state index is 12.7. The number of hydrogen-bond donors (Lipinski definition) is 1. The summed E-state index contributed by atoms with van der Waals surface area (Å²) in [4.78, 5) is 25.0. The van der Waals surface area contributed by atoms with E-state index in [-0.39, 0.29) is 11.6 Å². The monoisotopic (exact) mass is 335 g/mol. The van der Waals surface area contributed by atoms with Crippen molar-refractivity contribution in [1.82, 2.24) is 4.90 Å². The van der Waals surface area contributed by atoms with Gasteiger partial charge in [0.25, 0.3) is 11.6 Å². The van der Waals surface area contributed by atoms with Gasteiger partial charge in [-0.15, -0.1) is 6.58 Å². The van der Waals surface area contributed by atoms with Crippen molar-refractivity contribution in [2.45, 2.75) is 6.17 Å². The Morgan fingerprint density at radius 1 is 1.20 bits per heavy atom. The van der Waals surface area contributed by atoms with Gasteiger partial charge in [-0.25, -0.2) is 0 Å². The summed E-state index contributed by atoms with van der Waals surface area (Å²) in [6, 6.07) is 13.8. The molecular formula is C19H17N3O3. The number of carbonyl (C=O) groups excluding carboxylic acids is 1. The van der Waals surface area contributed by atoms with Crippen LogP contribution in [0.3, 0.4) is 0 Å². The smallest absolute Gasteiger partial charge is 0.276 e. The van der Waals surface area contributed by atoms with E-state index in [1.54, 1.807) is 47.4 Å². The van der Waals surface area contributed by atoms with Gasteiger partial charge in [0.15, 0.2) is 0 Å². The summed E-state index contributed by atoms with van der Waals surface area (Å²) >= 11 is 0. The SMILES string of the molecule is C=CCN1C(=O)c2ccccc2NC1C=Cc1ccccc1[N+](=O)[O-]. The molecule has 0 aliphatic carbocycles. The largest absolute Gasteiger partial charge is 0.361 e. The third-order valence-electron chi connectivity index (χ3n) is 3.97. The molecule has 3 rings (SSSR count). The summed E-state index contributed by atoms with van der Waals surface area (Å²) in [5, 5.41) is 14.4. The fraction of sp³-hybridized carbons (Fsp3) is 0.105. The average molecular weight is 335 g/mol. The molecule has 1 aliphatic rings. The summed E-state index contributed by atoms with van der Waals surface area (Å²) in [5.74, 6) is -0.105. The Balaban J connectivity index is 1.94. The van der Waals surface area contributed by atoms with Crippen molar-refractivity contribution in [3.05, 3.63) is 88.5 Å². The van der Waals surface area contributed by atoms with Crippen molar-refractivity contribution >= 4 is 23.4 Å². The van der Waals surface area contributed by atoms with E-state index in [2.05, 4.69) is 11.9 Å². The van der Waals surface area contributed by atoms with E-state index >= 15 is 0 Å². The molecule has 6 nitrogen and oxygen atoms in total. The fourth-order valence-electron chi connectivity index (χ4n) is 2.79. The Labute approximate surface area is 145 Å². The van der Waals surface area contributed by atoms with Crippen LogP contribution < -0.4 is 5.32 Å². The van der Waals surface area contributed by atoms with Crippen LogP contribution in [0.4, 0.5) is 11.4 Å².